The molecule has 0 fully saturated rings. The van der Waals surface area contributed by atoms with E-state index in [4.69, 9.17) is 14.4 Å². The number of furan rings is 1. The van der Waals surface area contributed by atoms with E-state index in [1.165, 1.54) is 15.8 Å². The molecular weight excluding hydrogens is 643 g/mol. The predicted octanol–water partition coefficient (Wildman–Crippen LogP) is 13.2. The number of para-hydroxylation sites is 1. The fraction of sp³-hybridized carbons (Fsp3) is 0. The van der Waals surface area contributed by atoms with Gasteiger partial charge >= 0.3 is 0 Å². The van der Waals surface area contributed by atoms with Crippen molar-refractivity contribution in [3.63, 3.8) is 0 Å². The van der Waals surface area contributed by atoms with Crippen LogP contribution in [0.1, 0.15) is 0 Å². The summed E-state index contributed by atoms with van der Waals surface area (Å²) in [6, 6.07) is 61.2. The number of thiophene rings is 1. The van der Waals surface area contributed by atoms with Gasteiger partial charge in [-0.25, -0.2) is 9.97 Å². The highest BCUT2D eigenvalue weighted by atomic mass is 32.1. The summed E-state index contributed by atoms with van der Waals surface area (Å²) in [7, 11) is 0. The number of rotatable bonds is 6. The van der Waals surface area contributed by atoms with Crippen LogP contribution in [0.2, 0.25) is 0 Å². The van der Waals surface area contributed by atoms with E-state index in [0.29, 0.717) is 5.82 Å². The Balaban J connectivity index is 1.13. The Labute approximate surface area is 298 Å². The Hall–Kier alpha value is -6.56. The monoisotopic (exact) mass is 671 g/mol. The summed E-state index contributed by atoms with van der Waals surface area (Å²) in [6.45, 7) is 0. The van der Waals surface area contributed by atoms with Crippen molar-refractivity contribution in [2.45, 2.75) is 0 Å². The Bertz CT molecular complexity index is 2840. The molecule has 10 rings (SSSR count). The maximum atomic E-state index is 6.63. The molecular formula is C46H29N3OS. The van der Waals surface area contributed by atoms with Crippen molar-refractivity contribution in [3.05, 3.63) is 176 Å². The zero-order valence-electron chi connectivity index (χ0n) is 27.4. The third kappa shape index (κ3) is 5.06. The molecule has 4 nitrogen and oxygen atoms in total. The summed E-state index contributed by atoms with van der Waals surface area (Å²) in [5, 5.41) is 3.18. The third-order valence-electron chi connectivity index (χ3n) is 9.49. The molecule has 0 spiro atoms. The van der Waals surface area contributed by atoms with Crippen LogP contribution in [0.5, 0.6) is 0 Å². The lowest BCUT2D eigenvalue weighted by molar-refractivity contribution is 0.669. The Kier molecular flexibility index (Phi) is 6.96. The second-order valence-electron chi connectivity index (χ2n) is 12.6. The topological polar surface area (TPSA) is 42.2 Å². The van der Waals surface area contributed by atoms with E-state index in [2.05, 4.69) is 150 Å². The normalized spacial score (nSPS) is 11.5. The number of anilines is 3. The second kappa shape index (κ2) is 12.1. The van der Waals surface area contributed by atoms with Crippen LogP contribution in [0.15, 0.2) is 180 Å². The van der Waals surface area contributed by atoms with E-state index < -0.39 is 0 Å². The molecule has 5 heteroatoms. The van der Waals surface area contributed by atoms with Gasteiger partial charge in [0.05, 0.1) is 15.9 Å². The molecule has 0 unspecified atom stereocenters. The van der Waals surface area contributed by atoms with E-state index in [-0.39, 0.29) is 0 Å². The minimum absolute atomic E-state index is 0.687. The molecule has 0 bridgehead atoms. The van der Waals surface area contributed by atoms with Gasteiger partial charge in [0, 0.05) is 55.1 Å². The fourth-order valence-electron chi connectivity index (χ4n) is 7.10. The molecule has 3 heterocycles. The zero-order valence-corrected chi connectivity index (χ0v) is 28.2. The Morgan fingerprint density at radius 2 is 1.12 bits per heavy atom. The number of benzene rings is 7. The summed E-state index contributed by atoms with van der Waals surface area (Å²) in [5.41, 5.74) is 11.1. The summed E-state index contributed by atoms with van der Waals surface area (Å²) < 4.78 is 8.93. The molecule has 0 aliphatic rings. The maximum absolute atomic E-state index is 6.63. The number of aromatic nitrogens is 2. The second-order valence-corrected chi connectivity index (χ2v) is 13.6. The van der Waals surface area contributed by atoms with Crippen molar-refractivity contribution in [1.82, 2.24) is 9.97 Å². The summed E-state index contributed by atoms with van der Waals surface area (Å²) >= 11 is 1.75. The molecule has 0 amide bonds. The molecule has 7 aromatic carbocycles. The minimum atomic E-state index is 0.687. The number of hydrogen-bond acceptors (Lipinski definition) is 5. The first-order valence-corrected chi connectivity index (χ1v) is 17.8. The molecule has 0 radical (unpaired) electrons. The van der Waals surface area contributed by atoms with Gasteiger partial charge in [-0.15, -0.1) is 11.3 Å². The number of fused-ring (bicyclic) bond motifs is 6. The predicted molar refractivity (Wildman–Crippen MR) is 213 cm³/mol. The molecule has 51 heavy (non-hydrogen) atoms. The zero-order chi connectivity index (χ0) is 33.7. The molecule has 10 aromatic rings. The van der Waals surface area contributed by atoms with Crippen molar-refractivity contribution in [1.29, 1.82) is 0 Å². The van der Waals surface area contributed by atoms with Gasteiger partial charge in [-0.3, -0.25) is 0 Å². The van der Waals surface area contributed by atoms with Crippen molar-refractivity contribution in [2.75, 3.05) is 4.90 Å². The first kappa shape index (κ1) is 29.4. The summed E-state index contributed by atoms with van der Waals surface area (Å²) in [6.07, 6.45) is 0. The van der Waals surface area contributed by atoms with Crippen LogP contribution in [0, 0.1) is 0 Å². The van der Waals surface area contributed by atoms with E-state index in [0.717, 1.165) is 71.4 Å². The molecule has 0 saturated heterocycles. The van der Waals surface area contributed by atoms with Crippen molar-refractivity contribution >= 4 is 70.6 Å². The van der Waals surface area contributed by atoms with Gasteiger partial charge in [0.1, 0.15) is 11.2 Å². The van der Waals surface area contributed by atoms with Gasteiger partial charge in [-0.2, -0.15) is 0 Å². The average Bonchev–Trinajstić information content (AvgIpc) is 3.77. The van der Waals surface area contributed by atoms with Gasteiger partial charge in [0.2, 0.25) is 0 Å². The lowest BCUT2D eigenvalue weighted by Crippen LogP contribution is -2.09. The summed E-state index contributed by atoms with van der Waals surface area (Å²) in [4.78, 5) is 12.8. The van der Waals surface area contributed by atoms with Crippen LogP contribution in [0.4, 0.5) is 17.1 Å². The first-order valence-electron chi connectivity index (χ1n) is 17.0. The van der Waals surface area contributed by atoms with Crippen LogP contribution in [-0.4, -0.2) is 9.97 Å². The number of nitrogens with zero attached hydrogens (tertiary/aromatic N) is 3. The molecule has 0 saturated carbocycles. The Morgan fingerprint density at radius 3 is 1.90 bits per heavy atom. The highest BCUT2D eigenvalue weighted by Crippen LogP contribution is 2.43. The SMILES string of the molecule is c1ccc(-c2ccc(N(c3ccccc3)c3ccc4c(c3)oc3cccc(-c5nc(-c6ccccc6)c6sc7ccccc7c6n5)c34)cc2)cc1. The van der Waals surface area contributed by atoms with E-state index in [9.17, 15) is 0 Å². The molecule has 0 N–H and O–H groups in total. The van der Waals surface area contributed by atoms with Crippen molar-refractivity contribution < 1.29 is 4.42 Å². The fourth-order valence-corrected chi connectivity index (χ4v) is 8.25. The quantitative estimate of drug-likeness (QED) is 0.176. The van der Waals surface area contributed by atoms with Crippen LogP contribution in [0.25, 0.3) is 76.0 Å². The molecule has 3 aromatic heterocycles. The molecule has 0 atom stereocenters. The van der Waals surface area contributed by atoms with E-state index in [1.54, 1.807) is 11.3 Å². The standard InChI is InChI=1S/C46H29N3OS/c1-4-13-30(14-5-1)31-23-25-34(26-24-31)49(33-17-8-3-9-18-33)35-27-28-36-40(29-35)50-39-21-12-20-38(42(36)39)46-47-43(32-15-6-2-7-16-32)45-44(48-46)37-19-10-11-22-41(37)51-45/h1-29H. The van der Waals surface area contributed by atoms with Crippen LogP contribution >= 0.6 is 11.3 Å². The first-order chi connectivity index (χ1) is 25.3. The van der Waals surface area contributed by atoms with Gasteiger partial charge in [-0.05, 0) is 59.7 Å². The largest absolute Gasteiger partial charge is 0.456 e. The van der Waals surface area contributed by atoms with Crippen molar-refractivity contribution in [2.24, 2.45) is 0 Å². The van der Waals surface area contributed by atoms with Crippen LogP contribution in [0.3, 0.4) is 0 Å². The Morgan fingerprint density at radius 1 is 0.471 bits per heavy atom. The molecule has 0 aliphatic heterocycles. The molecule has 240 valence electrons. The van der Waals surface area contributed by atoms with Crippen LogP contribution in [-0.2, 0) is 0 Å². The minimum Gasteiger partial charge on any atom is -0.456 e. The average molecular weight is 672 g/mol. The van der Waals surface area contributed by atoms with Crippen molar-refractivity contribution in [3.8, 4) is 33.8 Å². The van der Waals surface area contributed by atoms with Crippen LogP contribution < -0.4 is 4.90 Å². The van der Waals surface area contributed by atoms with Gasteiger partial charge in [0.25, 0.3) is 0 Å². The summed E-state index contributed by atoms with van der Waals surface area (Å²) in [5.74, 6) is 0.687. The number of hydrogen-bond donors (Lipinski definition) is 0. The smallest absolute Gasteiger partial charge is 0.161 e. The van der Waals surface area contributed by atoms with Gasteiger partial charge in [0.15, 0.2) is 5.82 Å². The third-order valence-corrected chi connectivity index (χ3v) is 10.7. The van der Waals surface area contributed by atoms with Gasteiger partial charge in [-0.1, -0.05) is 121 Å². The van der Waals surface area contributed by atoms with E-state index in [1.807, 2.05) is 30.3 Å². The maximum Gasteiger partial charge on any atom is 0.161 e. The highest BCUT2D eigenvalue weighted by molar-refractivity contribution is 7.26. The lowest BCUT2D eigenvalue weighted by atomic mass is 10.0. The highest BCUT2D eigenvalue weighted by Gasteiger charge is 2.21. The van der Waals surface area contributed by atoms with E-state index >= 15 is 0 Å². The van der Waals surface area contributed by atoms with Gasteiger partial charge < -0.3 is 9.32 Å². The lowest BCUT2D eigenvalue weighted by Gasteiger charge is -2.25. The molecule has 0 aliphatic carbocycles.